The minimum Gasteiger partial charge on any atom is -0.385 e. The molecule has 4 nitrogen and oxygen atoms in total. The second-order valence-electron chi connectivity index (χ2n) is 6.48. The number of anilines is 1. The van der Waals surface area contributed by atoms with Crippen molar-refractivity contribution in [3.8, 4) is 0 Å². The summed E-state index contributed by atoms with van der Waals surface area (Å²) in [5.74, 6) is -0.0175. The summed E-state index contributed by atoms with van der Waals surface area (Å²) in [6.45, 7) is 9.27. The van der Waals surface area contributed by atoms with Gasteiger partial charge in [0, 0.05) is 24.5 Å². The van der Waals surface area contributed by atoms with Gasteiger partial charge < -0.3 is 10.6 Å². The van der Waals surface area contributed by atoms with Crippen LogP contribution in [0.25, 0.3) is 0 Å². The number of hydrogen-bond acceptors (Lipinski definition) is 3. The highest BCUT2D eigenvalue weighted by Gasteiger charge is 2.32. The first kappa shape index (κ1) is 14.8. The summed E-state index contributed by atoms with van der Waals surface area (Å²) < 4.78 is 0. The fourth-order valence-electron chi connectivity index (χ4n) is 2.90. The molecule has 1 atom stereocenters. The van der Waals surface area contributed by atoms with Gasteiger partial charge in [-0.2, -0.15) is 0 Å². The van der Waals surface area contributed by atoms with Crippen molar-refractivity contribution in [1.29, 1.82) is 0 Å². The quantitative estimate of drug-likeness (QED) is 0.887. The zero-order chi connectivity index (χ0) is 14.8. The van der Waals surface area contributed by atoms with E-state index in [1.54, 1.807) is 6.20 Å². The van der Waals surface area contributed by atoms with Crippen LogP contribution in [0, 0.1) is 12.3 Å². The molecule has 0 bridgehead atoms. The van der Waals surface area contributed by atoms with E-state index in [1.807, 2.05) is 19.9 Å². The van der Waals surface area contributed by atoms with Crippen LogP contribution in [-0.2, 0) is 0 Å². The van der Waals surface area contributed by atoms with Crippen LogP contribution in [0.15, 0.2) is 12.3 Å². The van der Waals surface area contributed by atoms with Crippen LogP contribution < -0.4 is 10.6 Å². The van der Waals surface area contributed by atoms with E-state index in [0.29, 0.717) is 11.0 Å². The van der Waals surface area contributed by atoms with Crippen molar-refractivity contribution in [3.05, 3.63) is 23.5 Å². The van der Waals surface area contributed by atoms with Crippen LogP contribution in [0.2, 0.25) is 0 Å². The third kappa shape index (κ3) is 3.50. The van der Waals surface area contributed by atoms with Crippen molar-refractivity contribution >= 4 is 11.6 Å². The number of nitrogens with one attached hydrogen (secondary N) is 2. The first-order valence-corrected chi connectivity index (χ1v) is 7.42. The van der Waals surface area contributed by atoms with Crippen molar-refractivity contribution in [2.75, 3.05) is 11.9 Å². The van der Waals surface area contributed by atoms with Crippen LogP contribution in [-0.4, -0.2) is 23.5 Å². The third-order valence-corrected chi connectivity index (χ3v) is 3.96. The van der Waals surface area contributed by atoms with E-state index in [2.05, 4.69) is 29.5 Å². The maximum Gasteiger partial charge on any atom is 0.255 e. The number of aryl methyl sites for hydroxylation is 1. The van der Waals surface area contributed by atoms with Gasteiger partial charge in [0.25, 0.3) is 5.91 Å². The Kier molecular flexibility index (Phi) is 4.31. The number of nitrogens with zero attached hydrogens (tertiary/aromatic N) is 1. The Morgan fingerprint density at radius 3 is 2.85 bits per heavy atom. The summed E-state index contributed by atoms with van der Waals surface area (Å²) in [5, 5.41) is 6.39. The van der Waals surface area contributed by atoms with E-state index < -0.39 is 0 Å². The van der Waals surface area contributed by atoms with Crippen LogP contribution in [0.4, 0.5) is 5.69 Å². The molecule has 0 aromatic carbocycles. The molecule has 1 aromatic heterocycles. The number of amides is 1. The number of carbonyl (C=O) groups is 1. The third-order valence-electron chi connectivity index (χ3n) is 3.96. The molecule has 1 amide bonds. The zero-order valence-corrected chi connectivity index (χ0v) is 12.9. The zero-order valence-electron chi connectivity index (χ0n) is 12.9. The fourth-order valence-corrected chi connectivity index (χ4v) is 2.90. The van der Waals surface area contributed by atoms with E-state index in [4.69, 9.17) is 0 Å². The van der Waals surface area contributed by atoms with Crippen molar-refractivity contribution in [2.45, 2.75) is 53.0 Å². The summed E-state index contributed by atoms with van der Waals surface area (Å²) in [7, 11) is 0. The summed E-state index contributed by atoms with van der Waals surface area (Å²) in [4.78, 5) is 16.7. The monoisotopic (exact) mass is 275 g/mol. The van der Waals surface area contributed by atoms with Gasteiger partial charge in [0.05, 0.1) is 11.3 Å². The summed E-state index contributed by atoms with van der Waals surface area (Å²) in [6.07, 6.45) is 4.95. The summed E-state index contributed by atoms with van der Waals surface area (Å²) in [6, 6.07) is 2.21. The molecule has 0 saturated heterocycles. The molecular weight excluding hydrogens is 250 g/mol. The molecule has 1 heterocycles. The molecule has 1 aliphatic rings. The summed E-state index contributed by atoms with van der Waals surface area (Å²) in [5.41, 5.74) is 2.77. The fraction of sp³-hybridized carbons (Fsp3) is 0.625. The molecule has 110 valence electrons. The van der Waals surface area contributed by atoms with Crippen molar-refractivity contribution in [2.24, 2.45) is 5.41 Å². The molecule has 4 heteroatoms. The predicted molar refractivity (Wildman–Crippen MR) is 82.0 cm³/mol. The Balaban J connectivity index is 2.09. The minimum absolute atomic E-state index is 0.0175. The van der Waals surface area contributed by atoms with Crippen LogP contribution in [0.1, 0.15) is 56.1 Å². The second-order valence-corrected chi connectivity index (χ2v) is 6.48. The van der Waals surface area contributed by atoms with Gasteiger partial charge in [-0.05, 0) is 44.6 Å². The van der Waals surface area contributed by atoms with Gasteiger partial charge >= 0.3 is 0 Å². The van der Waals surface area contributed by atoms with Gasteiger partial charge in [0.2, 0.25) is 0 Å². The second kappa shape index (κ2) is 5.81. The highest BCUT2D eigenvalue weighted by Crippen LogP contribution is 2.37. The first-order chi connectivity index (χ1) is 9.41. The van der Waals surface area contributed by atoms with Gasteiger partial charge in [-0.1, -0.05) is 13.8 Å². The molecule has 0 radical (unpaired) electrons. The Bertz CT molecular complexity index is 496. The topological polar surface area (TPSA) is 54.0 Å². The highest BCUT2D eigenvalue weighted by atomic mass is 16.1. The van der Waals surface area contributed by atoms with E-state index in [1.165, 1.54) is 6.42 Å². The normalized spacial score (nSPS) is 20.7. The molecule has 1 saturated carbocycles. The molecular formula is C16H25N3O. The van der Waals surface area contributed by atoms with Crippen molar-refractivity contribution in [1.82, 2.24) is 10.3 Å². The van der Waals surface area contributed by atoms with E-state index in [9.17, 15) is 4.79 Å². The molecule has 1 unspecified atom stereocenters. The van der Waals surface area contributed by atoms with Gasteiger partial charge in [0.1, 0.15) is 0 Å². The number of rotatable bonds is 4. The number of carbonyl (C=O) groups excluding carboxylic acids is 1. The van der Waals surface area contributed by atoms with E-state index in [-0.39, 0.29) is 11.9 Å². The van der Waals surface area contributed by atoms with Crippen LogP contribution in [0.5, 0.6) is 0 Å². The number of hydrogen-bond donors (Lipinski definition) is 2. The highest BCUT2D eigenvalue weighted by molar-refractivity contribution is 5.99. The number of pyridine rings is 1. The first-order valence-electron chi connectivity index (χ1n) is 7.42. The summed E-state index contributed by atoms with van der Waals surface area (Å²) >= 11 is 0. The lowest BCUT2D eigenvalue weighted by Gasteiger charge is -2.18. The van der Waals surface area contributed by atoms with Gasteiger partial charge in [-0.15, -0.1) is 0 Å². The van der Waals surface area contributed by atoms with Crippen molar-refractivity contribution < 1.29 is 4.79 Å². The predicted octanol–water partition coefficient (Wildman–Crippen LogP) is 3.13. The molecule has 1 aromatic rings. The molecule has 20 heavy (non-hydrogen) atoms. The molecule has 1 aliphatic carbocycles. The van der Waals surface area contributed by atoms with E-state index in [0.717, 1.165) is 30.8 Å². The average Bonchev–Trinajstić information content (AvgIpc) is 2.69. The van der Waals surface area contributed by atoms with Gasteiger partial charge in [-0.25, -0.2) is 0 Å². The lowest BCUT2D eigenvalue weighted by Crippen LogP contribution is -2.34. The lowest BCUT2D eigenvalue weighted by molar-refractivity contribution is 0.0936. The standard InChI is InChI=1S/C16H25N3O/c1-5-17-14-8-11(2)18-10-13(14)15(20)19-12-6-7-16(3,4)9-12/h8,10,12H,5-7,9H2,1-4H3,(H,17,18)(H,19,20). The Morgan fingerprint density at radius 1 is 1.50 bits per heavy atom. The van der Waals surface area contributed by atoms with E-state index >= 15 is 0 Å². The number of aromatic nitrogens is 1. The molecule has 1 fully saturated rings. The molecule has 2 N–H and O–H groups in total. The molecule has 0 spiro atoms. The molecule has 0 aliphatic heterocycles. The smallest absolute Gasteiger partial charge is 0.255 e. The van der Waals surface area contributed by atoms with Crippen LogP contribution in [0.3, 0.4) is 0 Å². The Morgan fingerprint density at radius 2 is 2.25 bits per heavy atom. The minimum atomic E-state index is -0.0175. The van der Waals surface area contributed by atoms with Gasteiger partial charge in [-0.3, -0.25) is 9.78 Å². The Hall–Kier alpha value is -1.58. The van der Waals surface area contributed by atoms with Crippen molar-refractivity contribution in [3.63, 3.8) is 0 Å². The lowest BCUT2D eigenvalue weighted by atomic mass is 9.92. The average molecular weight is 275 g/mol. The SMILES string of the molecule is CCNc1cc(C)ncc1C(=O)NC1CCC(C)(C)C1. The maximum absolute atomic E-state index is 12.4. The van der Waals surface area contributed by atoms with Crippen LogP contribution >= 0.6 is 0 Å². The van der Waals surface area contributed by atoms with Gasteiger partial charge in [0.15, 0.2) is 0 Å². The molecule has 2 rings (SSSR count). The largest absolute Gasteiger partial charge is 0.385 e. The Labute approximate surface area is 121 Å². The maximum atomic E-state index is 12.4.